The first kappa shape index (κ1) is 20.1. The maximum Gasteiger partial charge on any atom is 0.253 e. The molecule has 1 aliphatic rings. The Balaban J connectivity index is 1.48. The molecule has 0 unspecified atom stereocenters. The highest BCUT2D eigenvalue weighted by atomic mass is 32.1. The van der Waals surface area contributed by atoms with E-state index in [9.17, 15) is 4.79 Å². The molecule has 2 N–H and O–H groups in total. The van der Waals surface area contributed by atoms with Crippen LogP contribution in [0.25, 0.3) is 0 Å². The summed E-state index contributed by atoms with van der Waals surface area (Å²) in [7, 11) is 3.49. The number of rotatable bonds is 5. The second-order valence-electron chi connectivity index (χ2n) is 7.30. The molecule has 0 atom stereocenters. The molecule has 5 nitrogen and oxygen atoms in total. The van der Waals surface area contributed by atoms with Crippen LogP contribution in [0.1, 0.15) is 35.2 Å². The number of piperidine rings is 1. The predicted octanol–water partition coefficient (Wildman–Crippen LogP) is 3.87. The fourth-order valence-electron chi connectivity index (χ4n) is 3.29. The van der Waals surface area contributed by atoms with Gasteiger partial charge >= 0.3 is 0 Å². The maximum atomic E-state index is 11.9. The van der Waals surface area contributed by atoms with Crippen molar-refractivity contribution in [3.05, 3.63) is 59.7 Å². The molecular formula is C22H28N4OS. The molecule has 0 saturated carbocycles. The second kappa shape index (κ2) is 9.55. The first-order valence-electron chi connectivity index (χ1n) is 9.73. The largest absolute Gasteiger partial charge is 0.372 e. The number of benzene rings is 2. The van der Waals surface area contributed by atoms with Gasteiger partial charge in [0.2, 0.25) is 0 Å². The molecule has 1 fully saturated rings. The van der Waals surface area contributed by atoms with Crippen molar-refractivity contribution in [1.29, 1.82) is 0 Å². The van der Waals surface area contributed by atoms with Crippen LogP contribution in [-0.4, -0.2) is 43.1 Å². The van der Waals surface area contributed by atoms with Gasteiger partial charge in [0.1, 0.15) is 0 Å². The Kier molecular flexibility index (Phi) is 6.87. The number of anilines is 2. The summed E-state index contributed by atoms with van der Waals surface area (Å²) in [5.41, 5.74) is 4.00. The molecule has 3 rings (SSSR count). The van der Waals surface area contributed by atoms with Crippen molar-refractivity contribution in [1.82, 2.24) is 10.2 Å². The first-order chi connectivity index (χ1) is 13.5. The molecule has 0 aliphatic carbocycles. The second-order valence-corrected chi connectivity index (χ2v) is 7.71. The van der Waals surface area contributed by atoms with Gasteiger partial charge in [-0.05, 0) is 73.4 Å². The van der Waals surface area contributed by atoms with Crippen LogP contribution in [-0.2, 0) is 6.54 Å². The van der Waals surface area contributed by atoms with Gasteiger partial charge < -0.3 is 20.4 Å². The van der Waals surface area contributed by atoms with E-state index in [4.69, 9.17) is 12.2 Å². The minimum Gasteiger partial charge on any atom is -0.372 e. The van der Waals surface area contributed by atoms with Crippen LogP contribution in [0, 0.1) is 0 Å². The highest BCUT2D eigenvalue weighted by Crippen LogP contribution is 2.20. The lowest BCUT2D eigenvalue weighted by Crippen LogP contribution is -2.29. The summed E-state index contributed by atoms with van der Waals surface area (Å²) in [6, 6.07) is 16.0. The van der Waals surface area contributed by atoms with Crippen LogP contribution in [0.2, 0.25) is 0 Å². The highest BCUT2D eigenvalue weighted by Gasteiger charge is 2.10. The van der Waals surface area contributed by atoms with Gasteiger partial charge in [-0.2, -0.15) is 0 Å². The topological polar surface area (TPSA) is 47.6 Å². The third kappa shape index (κ3) is 5.45. The zero-order valence-corrected chi connectivity index (χ0v) is 17.4. The fraction of sp³-hybridized carbons (Fsp3) is 0.364. The molecule has 28 heavy (non-hydrogen) atoms. The van der Waals surface area contributed by atoms with Gasteiger partial charge in [-0.1, -0.05) is 12.1 Å². The molecule has 0 radical (unpaired) electrons. The molecule has 1 heterocycles. The average molecular weight is 397 g/mol. The molecule has 148 valence electrons. The average Bonchev–Trinajstić information content (AvgIpc) is 2.73. The third-order valence-electron chi connectivity index (χ3n) is 4.91. The van der Waals surface area contributed by atoms with Crippen molar-refractivity contribution < 1.29 is 4.79 Å². The number of hydrogen-bond donors (Lipinski definition) is 2. The number of carbonyl (C=O) groups is 1. The van der Waals surface area contributed by atoms with Crippen molar-refractivity contribution in [2.75, 3.05) is 37.4 Å². The van der Waals surface area contributed by atoms with E-state index in [1.165, 1.54) is 30.5 Å². The summed E-state index contributed by atoms with van der Waals surface area (Å²) in [6.07, 6.45) is 3.92. The lowest BCUT2D eigenvalue weighted by atomic mass is 10.1. The third-order valence-corrected chi connectivity index (χ3v) is 5.15. The first-order valence-corrected chi connectivity index (χ1v) is 10.1. The lowest BCUT2D eigenvalue weighted by Gasteiger charge is -2.28. The summed E-state index contributed by atoms with van der Waals surface area (Å²) in [5, 5.41) is 6.95. The Bertz CT molecular complexity index is 796. The van der Waals surface area contributed by atoms with Gasteiger partial charge in [-0.25, -0.2) is 0 Å². The highest BCUT2D eigenvalue weighted by molar-refractivity contribution is 7.80. The summed E-state index contributed by atoms with van der Waals surface area (Å²) < 4.78 is 0. The van der Waals surface area contributed by atoms with E-state index in [1.807, 2.05) is 12.1 Å². The van der Waals surface area contributed by atoms with Crippen molar-refractivity contribution in [2.45, 2.75) is 25.8 Å². The number of nitrogens with zero attached hydrogens (tertiary/aromatic N) is 2. The zero-order chi connectivity index (χ0) is 19.9. The van der Waals surface area contributed by atoms with Crippen LogP contribution >= 0.6 is 12.2 Å². The predicted molar refractivity (Wildman–Crippen MR) is 120 cm³/mol. The Morgan fingerprint density at radius 2 is 1.64 bits per heavy atom. The summed E-state index contributed by atoms with van der Waals surface area (Å²) >= 11 is 5.38. The summed E-state index contributed by atoms with van der Waals surface area (Å²) in [6.45, 7) is 2.98. The molecule has 0 spiro atoms. The summed E-state index contributed by atoms with van der Waals surface area (Å²) in [4.78, 5) is 15.9. The monoisotopic (exact) mass is 396 g/mol. The molecule has 2 aromatic rings. The molecular weight excluding hydrogens is 368 g/mol. The van der Waals surface area contributed by atoms with Crippen LogP contribution in [0.3, 0.4) is 0 Å². The van der Waals surface area contributed by atoms with E-state index in [-0.39, 0.29) is 5.91 Å². The van der Waals surface area contributed by atoms with Crippen molar-refractivity contribution in [2.24, 2.45) is 0 Å². The van der Waals surface area contributed by atoms with Crippen molar-refractivity contribution in [3.8, 4) is 0 Å². The zero-order valence-electron chi connectivity index (χ0n) is 16.6. The molecule has 6 heteroatoms. The maximum absolute atomic E-state index is 11.9. The Labute approximate surface area is 172 Å². The molecule has 1 saturated heterocycles. The Morgan fingerprint density at radius 3 is 2.25 bits per heavy atom. The molecule has 1 amide bonds. The number of amides is 1. The van der Waals surface area contributed by atoms with Gasteiger partial charge in [0, 0.05) is 50.7 Å². The lowest BCUT2D eigenvalue weighted by molar-refractivity contribution is 0.0827. The van der Waals surface area contributed by atoms with Gasteiger partial charge in [-0.15, -0.1) is 0 Å². The Morgan fingerprint density at radius 1 is 1.00 bits per heavy atom. The van der Waals surface area contributed by atoms with Crippen LogP contribution in [0.4, 0.5) is 11.4 Å². The van der Waals surface area contributed by atoms with E-state index in [2.05, 4.69) is 39.8 Å². The van der Waals surface area contributed by atoms with E-state index >= 15 is 0 Å². The van der Waals surface area contributed by atoms with Crippen molar-refractivity contribution >= 4 is 34.6 Å². The molecule has 0 aromatic heterocycles. The molecule has 0 bridgehead atoms. The minimum atomic E-state index is -0.0137. The van der Waals surface area contributed by atoms with Gasteiger partial charge in [-0.3, -0.25) is 4.79 Å². The van der Waals surface area contributed by atoms with Gasteiger partial charge in [0.15, 0.2) is 5.11 Å². The normalized spacial score (nSPS) is 13.7. The van der Waals surface area contributed by atoms with Crippen LogP contribution in [0.5, 0.6) is 0 Å². The fourth-order valence-corrected chi connectivity index (χ4v) is 3.48. The van der Waals surface area contributed by atoms with E-state index in [0.717, 1.165) is 18.8 Å². The standard InChI is InChI=1S/C22H28N4OS/c1-25(2)21(27)18-8-10-19(11-9-18)24-22(28)23-16-17-6-12-20(13-7-17)26-14-4-3-5-15-26/h6-13H,3-5,14-16H2,1-2H3,(H2,23,24,28). The van der Waals surface area contributed by atoms with Crippen LogP contribution in [0.15, 0.2) is 48.5 Å². The van der Waals surface area contributed by atoms with E-state index < -0.39 is 0 Å². The molecule has 2 aromatic carbocycles. The quantitative estimate of drug-likeness (QED) is 0.752. The number of thiocarbonyl (C=S) groups is 1. The summed E-state index contributed by atoms with van der Waals surface area (Å²) in [5.74, 6) is -0.0137. The number of carbonyl (C=O) groups excluding carboxylic acids is 1. The van der Waals surface area contributed by atoms with Crippen molar-refractivity contribution in [3.63, 3.8) is 0 Å². The van der Waals surface area contributed by atoms with E-state index in [0.29, 0.717) is 17.2 Å². The number of hydrogen-bond acceptors (Lipinski definition) is 3. The van der Waals surface area contributed by atoms with Crippen LogP contribution < -0.4 is 15.5 Å². The minimum absolute atomic E-state index is 0.0137. The Hall–Kier alpha value is -2.60. The molecule has 1 aliphatic heterocycles. The van der Waals surface area contributed by atoms with Gasteiger partial charge in [0.25, 0.3) is 5.91 Å². The van der Waals surface area contributed by atoms with Gasteiger partial charge in [0.05, 0.1) is 0 Å². The van der Waals surface area contributed by atoms with E-state index in [1.54, 1.807) is 31.1 Å². The SMILES string of the molecule is CN(C)C(=O)c1ccc(NC(=S)NCc2ccc(N3CCCCC3)cc2)cc1. The number of nitrogens with one attached hydrogen (secondary N) is 2. The smallest absolute Gasteiger partial charge is 0.253 e.